The highest BCUT2D eigenvalue weighted by Crippen LogP contribution is 2.38. The number of esters is 2. The third-order valence-corrected chi connectivity index (χ3v) is 5.24. The van der Waals surface area contributed by atoms with E-state index in [1.165, 1.54) is 0 Å². The minimum Gasteiger partial charge on any atom is -0.458 e. The van der Waals surface area contributed by atoms with Crippen LogP contribution in [0.25, 0.3) is 0 Å². The van der Waals surface area contributed by atoms with Crippen LogP contribution in [0.2, 0.25) is 0 Å². The molecular formula is C20H28O6. The molecule has 6 heteroatoms. The lowest BCUT2D eigenvalue weighted by Crippen LogP contribution is -2.36. The lowest BCUT2D eigenvalue weighted by atomic mass is 9.81. The van der Waals surface area contributed by atoms with Crippen molar-refractivity contribution in [2.75, 3.05) is 13.2 Å². The van der Waals surface area contributed by atoms with E-state index in [0.717, 1.165) is 5.57 Å². The third-order valence-electron chi connectivity index (χ3n) is 5.24. The van der Waals surface area contributed by atoms with Crippen LogP contribution in [0, 0.1) is 11.8 Å². The first kappa shape index (κ1) is 20.4. The molecule has 0 aromatic rings. The van der Waals surface area contributed by atoms with Crippen LogP contribution in [0.15, 0.2) is 35.5 Å². The molecule has 2 aliphatic rings. The number of aliphatic hydroxyl groups is 2. The van der Waals surface area contributed by atoms with E-state index in [1.807, 2.05) is 6.08 Å². The summed E-state index contributed by atoms with van der Waals surface area (Å²) in [7, 11) is 0. The maximum atomic E-state index is 12.3. The van der Waals surface area contributed by atoms with Crippen LogP contribution in [0.3, 0.4) is 0 Å². The Kier molecular flexibility index (Phi) is 7.17. The Labute approximate surface area is 154 Å². The second kappa shape index (κ2) is 9.14. The summed E-state index contributed by atoms with van der Waals surface area (Å²) < 4.78 is 11.2. The van der Waals surface area contributed by atoms with Crippen molar-refractivity contribution in [1.82, 2.24) is 0 Å². The fraction of sp³-hybridized carbons (Fsp3) is 0.600. The molecule has 1 saturated heterocycles. The Balaban J connectivity index is 2.36. The van der Waals surface area contributed by atoms with Gasteiger partial charge in [-0.1, -0.05) is 18.7 Å². The zero-order chi connectivity index (χ0) is 19.3. The first-order valence-corrected chi connectivity index (χ1v) is 9.04. The number of aliphatic hydroxyl groups excluding tert-OH is 2. The van der Waals surface area contributed by atoms with Crippen molar-refractivity contribution in [3.8, 4) is 0 Å². The van der Waals surface area contributed by atoms with Gasteiger partial charge in [-0.2, -0.15) is 0 Å². The molecule has 1 fully saturated rings. The van der Waals surface area contributed by atoms with Crippen molar-refractivity contribution in [1.29, 1.82) is 0 Å². The van der Waals surface area contributed by atoms with Gasteiger partial charge in [0.2, 0.25) is 0 Å². The van der Waals surface area contributed by atoms with Crippen LogP contribution in [0.4, 0.5) is 0 Å². The molecule has 4 atom stereocenters. The van der Waals surface area contributed by atoms with E-state index in [2.05, 4.69) is 6.58 Å². The van der Waals surface area contributed by atoms with E-state index in [1.54, 1.807) is 19.9 Å². The molecule has 144 valence electrons. The van der Waals surface area contributed by atoms with E-state index in [0.29, 0.717) is 31.3 Å². The van der Waals surface area contributed by atoms with Crippen LogP contribution in [0.1, 0.15) is 39.5 Å². The number of rotatable bonds is 4. The molecule has 6 nitrogen and oxygen atoms in total. The summed E-state index contributed by atoms with van der Waals surface area (Å²) in [4.78, 5) is 24.4. The summed E-state index contributed by atoms with van der Waals surface area (Å²) in [5.41, 5.74) is 1.53. The van der Waals surface area contributed by atoms with Gasteiger partial charge >= 0.3 is 11.9 Å². The lowest BCUT2D eigenvalue weighted by molar-refractivity contribution is -0.149. The van der Waals surface area contributed by atoms with Gasteiger partial charge in [-0.05, 0) is 44.6 Å². The molecule has 1 heterocycles. The highest BCUT2D eigenvalue weighted by Gasteiger charge is 2.46. The lowest BCUT2D eigenvalue weighted by Gasteiger charge is -2.31. The second-order valence-electron chi connectivity index (χ2n) is 7.00. The van der Waals surface area contributed by atoms with Gasteiger partial charge in [-0.15, -0.1) is 0 Å². The van der Waals surface area contributed by atoms with Crippen LogP contribution in [-0.2, 0) is 19.1 Å². The number of carbonyl (C=O) groups is 2. The van der Waals surface area contributed by atoms with Gasteiger partial charge in [0.1, 0.15) is 12.2 Å². The Morgan fingerprint density at radius 2 is 2.19 bits per heavy atom. The fourth-order valence-electron chi connectivity index (χ4n) is 3.50. The molecular weight excluding hydrogens is 336 g/mol. The average molecular weight is 364 g/mol. The first-order valence-electron chi connectivity index (χ1n) is 9.04. The average Bonchev–Trinajstić information content (AvgIpc) is 2.91. The predicted octanol–water partition coefficient (Wildman–Crippen LogP) is 2.06. The Morgan fingerprint density at radius 1 is 1.46 bits per heavy atom. The van der Waals surface area contributed by atoms with E-state index in [-0.39, 0.29) is 24.7 Å². The summed E-state index contributed by atoms with van der Waals surface area (Å²) in [6.07, 6.45) is 4.67. The molecule has 0 amide bonds. The number of fused-ring (bicyclic) bond motifs is 1. The number of carbonyl (C=O) groups excluding carboxylic acids is 2. The van der Waals surface area contributed by atoms with Crippen LogP contribution >= 0.6 is 0 Å². The maximum Gasteiger partial charge on any atom is 0.334 e. The highest BCUT2D eigenvalue weighted by atomic mass is 16.6. The standard InChI is InChI=1S/C20H28O6/c1-4-12(2)19(23)25-16-8-14(10-21)6-5-7-15(11-22)9-17-18(16)13(3)20(24)26-17/h4,7,14,16-18,21-22H,3,5-6,8-11H2,1-2H3/b12-4-,15-7+/t14-,16-,17-,18-/m1/s1. The first-order chi connectivity index (χ1) is 12.4. The van der Waals surface area contributed by atoms with Gasteiger partial charge < -0.3 is 19.7 Å². The van der Waals surface area contributed by atoms with E-state index >= 15 is 0 Å². The summed E-state index contributed by atoms with van der Waals surface area (Å²) in [6, 6.07) is 0. The van der Waals surface area contributed by atoms with Crippen molar-refractivity contribution >= 4 is 11.9 Å². The van der Waals surface area contributed by atoms with Crippen LogP contribution in [-0.4, -0.2) is 47.6 Å². The Hall–Kier alpha value is -1.92. The number of allylic oxidation sites excluding steroid dienone is 2. The fourth-order valence-corrected chi connectivity index (χ4v) is 3.50. The topological polar surface area (TPSA) is 93.1 Å². The van der Waals surface area contributed by atoms with Crippen molar-refractivity contribution in [3.05, 3.63) is 35.5 Å². The van der Waals surface area contributed by atoms with Crippen molar-refractivity contribution in [2.24, 2.45) is 11.8 Å². The Morgan fingerprint density at radius 3 is 2.81 bits per heavy atom. The summed E-state index contributed by atoms with van der Waals surface area (Å²) in [6.45, 7) is 7.10. The smallest absolute Gasteiger partial charge is 0.334 e. The van der Waals surface area contributed by atoms with Gasteiger partial charge in [0, 0.05) is 24.2 Å². The van der Waals surface area contributed by atoms with Crippen LogP contribution < -0.4 is 0 Å². The molecule has 0 saturated carbocycles. The van der Waals surface area contributed by atoms with Gasteiger partial charge in [0.25, 0.3) is 0 Å². The molecule has 2 N–H and O–H groups in total. The van der Waals surface area contributed by atoms with Gasteiger partial charge in [-0.3, -0.25) is 0 Å². The largest absolute Gasteiger partial charge is 0.458 e. The highest BCUT2D eigenvalue weighted by molar-refractivity contribution is 5.91. The molecule has 0 unspecified atom stereocenters. The number of hydrogen-bond acceptors (Lipinski definition) is 6. The third kappa shape index (κ3) is 4.62. The summed E-state index contributed by atoms with van der Waals surface area (Å²) >= 11 is 0. The molecule has 26 heavy (non-hydrogen) atoms. The monoisotopic (exact) mass is 364 g/mol. The zero-order valence-corrected chi connectivity index (χ0v) is 15.4. The molecule has 2 rings (SSSR count). The summed E-state index contributed by atoms with van der Waals surface area (Å²) in [5.74, 6) is -1.52. The van der Waals surface area contributed by atoms with Crippen LogP contribution in [0.5, 0.6) is 0 Å². The number of hydrogen-bond donors (Lipinski definition) is 2. The summed E-state index contributed by atoms with van der Waals surface area (Å²) in [5, 5.41) is 19.3. The molecule has 0 bridgehead atoms. The molecule has 0 aromatic heterocycles. The SMILES string of the molecule is C=C1C(=O)O[C@@H]2C/C(CO)=C\CC[C@@H](CO)C[C@@H](OC(=O)/C(C)=C\C)[C@@H]12. The second-order valence-corrected chi connectivity index (χ2v) is 7.00. The van der Waals surface area contributed by atoms with Gasteiger partial charge in [0.05, 0.1) is 12.5 Å². The Bertz CT molecular complexity index is 618. The zero-order valence-electron chi connectivity index (χ0n) is 15.4. The van der Waals surface area contributed by atoms with E-state index in [4.69, 9.17) is 9.47 Å². The molecule has 1 aliphatic carbocycles. The molecule has 1 aliphatic heterocycles. The normalized spacial score (nSPS) is 32.3. The van der Waals surface area contributed by atoms with Gasteiger partial charge in [-0.25, -0.2) is 9.59 Å². The van der Waals surface area contributed by atoms with E-state index < -0.39 is 30.1 Å². The minimum absolute atomic E-state index is 0.0440. The van der Waals surface area contributed by atoms with Crippen molar-refractivity contribution < 1.29 is 29.3 Å². The molecule has 0 radical (unpaired) electrons. The molecule has 0 aromatic carbocycles. The number of ether oxygens (including phenoxy) is 2. The quantitative estimate of drug-likeness (QED) is 0.451. The maximum absolute atomic E-state index is 12.3. The van der Waals surface area contributed by atoms with Crippen molar-refractivity contribution in [2.45, 2.75) is 51.7 Å². The van der Waals surface area contributed by atoms with Gasteiger partial charge in [0.15, 0.2) is 0 Å². The van der Waals surface area contributed by atoms with Crippen molar-refractivity contribution in [3.63, 3.8) is 0 Å². The minimum atomic E-state index is -0.614. The molecule has 0 spiro atoms. The predicted molar refractivity (Wildman–Crippen MR) is 96.0 cm³/mol. The van der Waals surface area contributed by atoms with E-state index in [9.17, 15) is 19.8 Å².